The van der Waals surface area contributed by atoms with Crippen LogP contribution in [0.5, 0.6) is 0 Å². The van der Waals surface area contributed by atoms with Crippen molar-refractivity contribution < 1.29 is 4.39 Å². The summed E-state index contributed by atoms with van der Waals surface area (Å²) in [5.74, 6) is 0.888. The molecule has 2 aromatic rings. The number of halogens is 2. The summed E-state index contributed by atoms with van der Waals surface area (Å²) in [4.78, 5) is 16.3. The fourth-order valence-corrected chi connectivity index (χ4v) is 5.03. The predicted molar refractivity (Wildman–Crippen MR) is 124 cm³/mol. The number of aromatic nitrogens is 5. The smallest absolute Gasteiger partial charge is 0.209 e. The summed E-state index contributed by atoms with van der Waals surface area (Å²) in [6.45, 7) is 1.77. The Labute approximate surface area is 189 Å². The average Bonchev–Trinajstić information content (AvgIpc) is 3.51. The molecule has 0 aliphatic carbocycles. The lowest BCUT2D eigenvalue weighted by Gasteiger charge is -2.37. The monoisotopic (exact) mass is 452 g/mol. The average molecular weight is 453 g/mol. The van der Waals surface area contributed by atoms with Gasteiger partial charge < -0.3 is 4.90 Å². The summed E-state index contributed by atoms with van der Waals surface area (Å²) in [5, 5.41) is 8.77. The minimum absolute atomic E-state index is 0.403. The van der Waals surface area contributed by atoms with Crippen LogP contribution >= 0.6 is 11.6 Å². The Hall–Kier alpha value is -3.04. The van der Waals surface area contributed by atoms with Crippen LogP contribution in [0.2, 0.25) is 5.02 Å². The van der Waals surface area contributed by atoms with Crippen LogP contribution in [0.3, 0.4) is 0 Å². The minimum Gasteiger partial charge on any atom is -0.342 e. The maximum absolute atomic E-state index is 14.6. The molecule has 8 nitrogen and oxygen atoms in total. The second-order valence-corrected chi connectivity index (χ2v) is 8.77. The Morgan fingerprint density at radius 1 is 1.19 bits per heavy atom. The fraction of sp³-hybridized carbons (Fsp3) is 0.364. The molecule has 1 aromatic carbocycles. The standard InChI is InChI=1S/C22H22ClFN8/c1-25-22(24)5-8-31(9-6-22)21-28-19-17(20-26-7-10-32(20)21)14(11-27-19)13-3-4-16-15(18(13)23)12-30(2)29-16/h3-4,7,11-12,25H,5-6,8-10H2,1-2H3. The van der Waals surface area contributed by atoms with E-state index in [2.05, 4.69) is 29.9 Å². The van der Waals surface area contributed by atoms with Crippen molar-refractivity contribution in [2.45, 2.75) is 25.2 Å². The van der Waals surface area contributed by atoms with Gasteiger partial charge in [0.05, 0.1) is 22.6 Å². The van der Waals surface area contributed by atoms with Crippen molar-refractivity contribution in [2.75, 3.05) is 25.0 Å². The third kappa shape index (κ3) is 2.84. The Morgan fingerprint density at radius 3 is 2.78 bits per heavy atom. The first-order chi connectivity index (χ1) is 15.5. The molecule has 1 saturated heterocycles. The lowest BCUT2D eigenvalue weighted by molar-refractivity contribution is 0.0921. The summed E-state index contributed by atoms with van der Waals surface area (Å²) in [6.07, 6.45) is 6.41. The second kappa shape index (κ2) is 6.98. The third-order valence-electron chi connectivity index (χ3n) is 6.53. The molecule has 164 valence electrons. The summed E-state index contributed by atoms with van der Waals surface area (Å²) < 4.78 is 18.5. The highest BCUT2D eigenvalue weighted by Crippen LogP contribution is 2.46. The van der Waals surface area contributed by atoms with Crippen molar-refractivity contribution in [3.8, 4) is 22.5 Å². The molecule has 0 atom stereocenters. The molecule has 0 unspecified atom stereocenters. The number of aryl methyl sites for hydroxylation is 1. The number of rotatable bonds is 3. The van der Waals surface area contributed by atoms with Crippen LogP contribution in [0.15, 0.2) is 29.5 Å². The van der Waals surface area contributed by atoms with Gasteiger partial charge in [-0.1, -0.05) is 17.7 Å². The quantitative estimate of drug-likeness (QED) is 0.478. The van der Waals surface area contributed by atoms with Crippen molar-refractivity contribution in [1.82, 2.24) is 29.6 Å². The summed E-state index contributed by atoms with van der Waals surface area (Å²) in [5.41, 5.74) is 3.50. The molecule has 0 amide bonds. The van der Waals surface area contributed by atoms with Gasteiger partial charge in [-0.25, -0.2) is 14.4 Å². The first-order valence-corrected chi connectivity index (χ1v) is 11.0. The predicted octanol–water partition coefficient (Wildman–Crippen LogP) is 3.79. The fourth-order valence-electron chi connectivity index (χ4n) is 4.72. The van der Waals surface area contributed by atoms with Crippen LogP contribution in [0.1, 0.15) is 12.8 Å². The van der Waals surface area contributed by atoms with Crippen molar-refractivity contribution in [2.24, 2.45) is 12.0 Å². The van der Waals surface area contributed by atoms with Crippen LogP contribution in [0, 0.1) is 0 Å². The zero-order valence-corrected chi connectivity index (χ0v) is 18.6. The van der Waals surface area contributed by atoms with Crippen LogP contribution in [-0.2, 0) is 13.6 Å². The van der Waals surface area contributed by atoms with Crippen LogP contribution < -0.4 is 10.2 Å². The van der Waals surface area contributed by atoms with Gasteiger partial charge in [-0.05, 0) is 13.1 Å². The van der Waals surface area contributed by atoms with E-state index in [1.807, 2.05) is 37.8 Å². The van der Waals surface area contributed by atoms with Gasteiger partial charge in [0.25, 0.3) is 0 Å². The molecule has 1 fully saturated rings. The number of hydrogen-bond acceptors (Lipinski definition) is 6. The van der Waals surface area contributed by atoms with Crippen molar-refractivity contribution in [1.29, 1.82) is 0 Å². The summed E-state index contributed by atoms with van der Waals surface area (Å²) in [7, 11) is 3.55. The van der Waals surface area contributed by atoms with Crippen molar-refractivity contribution in [3.63, 3.8) is 0 Å². The van der Waals surface area contributed by atoms with Gasteiger partial charge in [0.2, 0.25) is 5.95 Å². The normalized spacial score (nSPS) is 17.6. The Morgan fingerprint density at radius 2 is 2.00 bits per heavy atom. The van der Waals surface area contributed by atoms with E-state index in [0.29, 0.717) is 43.3 Å². The Bertz CT molecular complexity index is 1350. The highest BCUT2D eigenvalue weighted by molar-refractivity contribution is 6.38. The Balaban J connectivity index is 1.47. The number of aliphatic imine (C=N–C) groups is 1. The van der Waals surface area contributed by atoms with Crippen LogP contribution in [0.25, 0.3) is 33.4 Å². The first-order valence-electron chi connectivity index (χ1n) is 10.6. The zero-order valence-electron chi connectivity index (χ0n) is 17.8. The number of alkyl halides is 1. The molecule has 4 aliphatic heterocycles. The number of nitrogens with one attached hydrogen (secondary N) is 1. The molecule has 1 N–H and O–H groups in total. The highest BCUT2D eigenvalue weighted by atomic mass is 35.5. The van der Waals surface area contributed by atoms with Crippen molar-refractivity contribution in [3.05, 3.63) is 29.5 Å². The van der Waals surface area contributed by atoms with Gasteiger partial charge in [-0.15, -0.1) is 0 Å². The third-order valence-corrected chi connectivity index (χ3v) is 6.94. The van der Waals surface area contributed by atoms with Crippen LogP contribution in [0.4, 0.5) is 16.2 Å². The molecule has 5 heterocycles. The van der Waals surface area contributed by atoms with Gasteiger partial charge in [0, 0.05) is 68.1 Å². The van der Waals surface area contributed by atoms with E-state index in [9.17, 15) is 4.39 Å². The minimum atomic E-state index is -1.32. The summed E-state index contributed by atoms with van der Waals surface area (Å²) in [6, 6.07) is 3.94. The molecule has 4 aliphatic rings. The number of piperidine rings is 1. The lowest BCUT2D eigenvalue weighted by atomic mass is 10.0. The van der Waals surface area contributed by atoms with E-state index in [1.165, 1.54) is 0 Å². The summed E-state index contributed by atoms with van der Waals surface area (Å²) >= 11 is 6.79. The van der Waals surface area contributed by atoms with E-state index >= 15 is 0 Å². The topological polar surface area (TPSA) is 76.2 Å². The molecule has 1 aromatic heterocycles. The van der Waals surface area contributed by atoms with Crippen LogP contribution in [-0.4, -0.2) is 56.5 Å². The SMILES string of the molecule is CNC1(F)CCN(c2nc3ncc(-c4ccc5nn(C)cc5c4Cl)c-3c3n2CC=N3)CC1. The Kier molecular flexibility index (Phi) is 4.28. The van der Waals surface area contributed by atoms with E-state index in [0.717, 1.165) is 39.4 Å². The number of benzene rings is 1. The molecule has 32 heavy (non-hydrogen) atoms. The number of hydrogen-bond donors (Lipinski definition) is 1. The van der Waals surface area contributed by atoms with E-state index < -0.39 is 5.79 Å². The second-order valence-electron chi connectivity index (χ2n) is 8.39. The molecular weight excluding hydrogens is 431 g/mol. The molecule has 0 saturated carbocycles. The van der Waals surface area contributed by atoms with Gasteiger partial charge in [-0.3, -0.25) is 14.6 Å². The van der Waals surface area contributed by atoms with Gasteiger partial charge in [-0.2, -0.15) is 10.1 Å². The molecule has 6 rings (SSSR count). The number of anilines is 1. The number of nitrogens with zero attached hydrogens (tertiary/aromatic N) is 7. The number of fused-ring (bicyclic) bond motifs is 4. The van der Waals surface area contributed by atoms with Gasteiger partial charge >= 0.3 is 0 Å². The van der Waals surface area contributed by atoms with Crippen molar-refractivity contribution >= 4 is 40.5 Å². The molecule has 0 spiro atoms. The molecule has 10 heteroatoms. The van der Waals surface area contributed by atoms with Gasteiger partial charge in [0.1, 0.15) is 5.82 Å². The highest BCUT2D eigenvalue weighted by Gasteiger charge is 2.35. The van der Waals surface area contributed by atoms with E-state index in [1.54, 1.807) is 11.7 Å². The maximum Gasteiger partial charge on any atom is 0.209 e. The molecule has 0 bridgehead atoms. The largest absolute Gasteiger partial charge is 0.342 e. The molecule has 0 radical (unpaired) electrons. The maximum atomic E-state index is 14.6. The van der Waals surface area contributed by atoms with E-state index in [4.69, 9.17) is 16.6 Å². The first kappa shape index (κ1) is 19.6. The zero-order chi connectivity index (χ0) is 22.0. The van der Waals surface area contributed by atoms with Gasteiger partial charge in [0.15, 0.2) is 11.6 Å². The molecular formula is C22H22ClFN8. The lowest BCUT2D eigenvalue weighted by Crippen LogP contribution is -2.49. The van der Waals surface area contributed by atoms with E-state index in [-0.39, 0.29) is 0 Å².